The number of fused-ring (bicyclic) bond motifs is 14. The normalized spacial score (nSPS) is 11.7. The minimum atomic E-state index is 1.08. The van der Waals surface area contributed by atoms with Crippen LogP contribution in [0, 0.1) is 0 Å². The van der Waals surface area contributed by atoms with Gasteiger partial charge in [-0.2, -0.15) is 0 Å². The molecule has 0 bridgehead atoms. The first-order valence-corrected chi connectivity index (χ1v) is 33.9. The molecule has 19 rings (SSSR count). The fraction of sp³-hybridized carbons (Fsp3) is 0. The fourth-order valence-corrected chi connectivity index (χ4v) is 15.5. The van der Waals surface area contributed by atoms with Crippen molar-refractivity contribution < 1.29 is 0 Å². The van der Waals surface area contributed by atoms with Gasteiger partial charge in [0.2, 0.25) is 0 Å². The van der Waals surface area contributed by atoms with E-state index in [2.05, 4.69) is 386 Å². The summed E-state index contributed by atoms with van der Waals surface area (Å²) >= 11 is 0. The Labute approximate surface area is 569 Å². The lowest BCUT2D eigenvalue weighted by molar-refractivity contribution is 1.30. The van der Waals surface area contributed by atoms with Gasteiger partial charge in [0, 0.05) is 33.5 Å². The molecular weight excluding hydrogens is 1180 g/mol. The first-order chi connectivity index (χ1) is 48.6. The Kier molecular flexibility index (Phi) is 13.6. The van der Waals surface area contributed by atoms with Gasteiger partial charge in [-0.3, -0.25) is 0 Å². The average molecular weight is 1240 g/mol. The van der Waals surface area contributed by atoms with Gasteiger partial charge >= 0.3 is 0 Å². The molecule has 0 aliphatic heterocycles. The van der Waals surface area contributed by atoms with Gasteiger partial charge in [0.25, 0.3) is 0 Å². The van der Waals surface area contributed by atoms with Crippen LogP contribution in [0.4, 0.5) is 34.1 Å². The van der Waals surface area contributed by atoms with Crippen LogP contribution in [-0.2, 0) is 0 Å². The van der Waals surface area contributed by atoms with Crippen molar-refractivity contribution >= 4 is 131 Å². The standard InChI is InChI=1S/C96H62N2/c1-2-17-63(18-3-1)65-35-46-77(47-36-65)98(79-48-37-66(38-49-79)70-34-33-64-19-4-5-20-69(64)57-70)96-62-76-59-72(44-55-84(76)86-25-13-15-31-93(86)96)71-43-54-83-74(58-71)22-16-32-81(83)68-41-52-80(53-42-68)97(95-61-75-21-6-7-23-82(75)85-24-12-14-30-92(85)95)78-50-39-67(40-51-78)73-45-56-91-89-28-9-8-26-87(89)88-27-10-11-29-90(88)94(91)60-73/h1-62H. The van der Waals surface area contributed by atoms with E-state index in [1.165, 1.54) is 147 Å². The van der Waals surface area contributed by atoms with Crippen molar-refractivity contribution in [2.75, 3.05) is 9.80 Å². The van der Waals surface area contributed by atoms with E-state index in [0.717, 1.165) is 39.7 Å². The Bertz CT molecular complexity index is 6300. The molecule has 0 amide bonds. The Morgan fingerprint density at radius 1 is 0.133 bits per heavy atom. The molecule has 0 unspecified atom stereocenters. The number of anilines is 6. The molecule has 0 spiro atoms. The largest absolute Gasteiger partial charge is 0.310 e. The first kappa shape index (κ1) is 56.6. The van der Waals surface area contributed by atoms with Crippen LogP contribution in [0.15, 0.2) is 376 Å². The van der Waals surface area contributed by atoms with Crippen LogP contribution in [0.1, 0.15) is 0 Å². The van der Waals surface area contributed by atoms with E-state index < -0.39 is 0 Å². The zero-order valence-corrected chi connectivity index (χ0v) is 53.7. The van der Waals surface area contributed by atoms with E-state index in [0.29, 0.717) is 0 Å². The van der Waals surface area contributed by atoms with Crippen molar-refractivity contribution in [1.29, 1.82) is 0 Å². The molecule has 0 saturated carbocycles. The van der Waals surface area contributed by atoms with E-state index in [1.807, 2.05) is 0 Å². The lowest BCUT2D eigenvalue weighted by Gasteiger charge is -2.28. The van der Waals surface area contributed by atoms with Crippen LogP contribution >= 0.6 is 0 Å². The van der Waals surface area contributed by atoms with Crippen molar-refractivity contribution in [3.8, 4) is 55.6 Å². The minimum Gasteiger partial charge on any atom is -0.310 e. The molecule has 0 aliphatic carbocycles. The lowest BCUT2D eigenvalue weighted by Crippen LogP contribution is -2.10. The summed E-state index contributed by atoms with van der Waals surface area (Å²) in [5.41, 5.74) is 18.4. The van der Waals surface area contributed by atoms with E-state index in [4.69, 9.17) is 0 Å². The second-order valence-corrected chi connectivity index (χ2v) is 25.9. The van der Waals surface area contributed by atoms with Crippen molar-refractivity contribution in [1.82, 2.24) is 0 Å². The van der Waals surface area contributed by atoms with Crippen LogP contribution in [0.5, 0.6) is 0 Å². The van der Waals surface area contributed by atoms with Gasteiger partial charge in [0.1, 0.15) is 0 Å². The molecule has 2 heteroatoms. The molecule has 19 aromatic carbocycles. The summed E-state index contributed by atoms with van der Waals surface area (Å²) in [6, 6.07) is 139. The quantitative estimate of drug-likeness (QED) is 0.119. The Hall–Kier alpha value is -12.9. The third-order valence-corrected chi connectivity index (χ3v) is 20.4. The summed E-state index contributed by atoms with van der Waals surface area (Å²) in [5.74, 6) is 0. The van der Waals surface area contributed by atoms with Gasteiger partial charge in [-0.1, -0.05) is 291 Å². The highest BCUT2D eigenvalue weighted by molar-refractivity contribution is 6.26. The SMILES string of the molecule is c1ccc(-c2ccc(N(c3ccc(-c4ccc5ccccc5c4)cc3)c3cc4cc(-c5ccc6c(-c7ccc(N(c8ccc(-c9ccc%10c%11ccccc%11c%11ccccc%11c%10c9)cc8)c8cc9ccccc9c9ccccc89)cc7)cccc6c5)ccc4c4ccccc34)cc2)cc1. The summed E-state index contributed by atoms with van der Waals surface area (Å²) < 4.78 is 0. The summed E-state index contributed by atoms with van der Waals surface area (Å²) in [5, 5.41) is 22.2. The molecule has 0 aromatic heterocycles. The van der Waals surface area contributed by atoms with Crippen LogP contribution < -0.4 is 9.80 Å². The molecule has 0 radical (unpaired) electrons. The molecule has 0 N–H and O–H groups in total. The maximum absolute atomic E-state index is 2.44. The third-order valence-electron chi connectivity index (χ3n) is 20.4. The zero-order chi connectivity index (χ0) is 64.6. The topological polar surface area (TPSA) is 6.48 Å². The van der Waals surface area contributed by atoms with Crippen molar-refractivity contribution in [2.24, 2.45) is 0 Å². The molecule has 2 nitrogen and oxygen atoms in total. The maximum atomic E-state index is 2.44. The predicted octanol–water partition coefficient (Wildman–Crippen LogP) is 27.3. The summed E-state index contributed by atoms with van der Waals surface area (Å²) in [7, 11) is 0. The second kappa shape index (κ2) is 23.5. The Balaban J connectivity index is 0.678. The second-order valence-electron chi connectivity index (χ2n) is 25.9. The van der Waals surface area contributed by atoms with Gasteiger partial charge in [0.05, 0.1) is 11.4 Å². The van der Waals surface area contributed by atoms with Gasteiger partial charge in [-0.15, -0.1) is 0 Å². The summed E-state index contributed by atoms with van der Waals surface area (Å²) in [6.07, 6.45) is 0. The average Bonchev–Trinajstić information content (AvgIpc) is 0.757. The van der Waals surface area contributed by atoms with E-state index in [-0.39, 0.29) is 0 Å². The van der Waals surface area contributed by atoms with Crippen LogP contribution in [0.25, 0.3) is 153 Å². The van der Waals surface area contributed by atoms with Crippen LogP contribution in [-0.4, -0.2) is 0 Å². The molecule has 0 atom stereocenters. The summed E-state index contributed by atoms with van der Waals surface area (Å²) in [6.45, 7) is 0. The van der Waals surface area contributed by atoms with Crippen LogP contribution in [0.3, 0.4) is 0 Å². The maximum Gasteiger partial charge on any atom is 0.0546 e. The van der Waals surface area contributed by atoms with E-state index in [1.54, 1.807) is 0 Å². The van der Waals surface area contributed by atoms with Crippen molar-refractivity contribution in [2.45, 2.75) is 0 Å². The van der Waals surface area contributed by atoms with Gasteiger partial charge in [-0.25, -0.2) is 0 Å². The predicted molar refractivity (Wildman–Crippen MR) is 421 cm³/mol. The monoisotopic (exact) mass is 1240 g/mol. The highest BCUT2D eigenvalue weighted by atomic mass is 15.1. The molecular formula is C96H62N2. The van der Waals surface area contributed by atoms with Crippen molar-refractivity contribution in [3.05, 3.63) is 376 Å². The number of benzene rings is 19. The third kappa shape index (κ3) is 9.80. The smallest absolute Gasteiger partial charge is 0.0546 e. The highest BCUT2D eigenvalue weighted by Crippen LogP contribution is 2.47. The van der Waals surface area contributed by atoms with Crippen molar-refractivity contribution in [3.63, 3.8) is 0 Å². The molecule has 98 heavy (non-hydrogen) atoms. The molecule has 0 aliphatic rings. The Morgan fingerprint density at radius 3 is 0.990 bits per heavy atom. The number of hydrogen-bond acceptors (Lipinski definition) is 2. The van der Waals surface area contributed by atoms with Gasteiger partial charge in [-0.05, 0) is 227 Å². The molecule has 456 valence electrons. The van der Waals surface area contributed by atoms with Gasteiger partial charge < -0.3 is 9.80 Å². The number of nitrogens with zero attached hydrogens (tertiary/aromatic N) is 2. The van der Waals surface area contributed by atoms with E-state index >= 15 is 0 Å². The molecule has 0 heterocycles. The van der Waals surface area contributed by atoms with E-state index in [9.17, 15) is 0 Å². The molecule has 0 fully saturated rings. The first-order valence-electron chi connectivity index (χ1n) is 33.9. The number of rotatable bonds is 11. The van der Waals surface area contributed by atoms with Crippen LogP contribution in [0.2, 0.25) is 0 Å². The highest BCUT2D eigenvalue weighted by Gasteiger charge is 2.22. The lowest BCUT2D eigenvalue weighted by atomic mass is 9.92. The molecule has 0 saturated heterocycles. The Morgan fingerprint density at radius 2 is 0.439 bits per heavy atom. The van der Waals surface area contributed by atoms with Gasteiger partial charge in [0.15, 0.2) is 0 Å². The summed E-state index contributed by atoms with van der Waals surface area (Å²) in [4.78, 5) is 4.88. The minimum absolute atomic E-state index is 1.08. The fourth-order valence-electron chi connectivity index (χ4n) is 15.5. The zero-order valence-electron chi connectivity index (χ0n) is 53.7. The number of hydrogen-bond donors (Lipinski definition) is 0. The molecule has 19 aromatic rings.